The molecular weight excluding hydrogens is 224 g/mol. The second kappa shape index (κ2) is 5.06. The Kier molecular flexibility index (Phi) is 3.10. The third-order valence-corrected chi connectivity index (χ3v) is 3.08. The number of nitrogens with zero attached hydrogens (tertiary/aromatic N) is 1. The average molecular weight is 240 g/mol. The molecule has 2 aromatic heterocycles. The van der Waals surface area contributed by atoms with Crippen molar-refractivity contribution < 1.29 is 0 Å². The Labute approximate surface area is 105 Å². The van der Waals surface area contributed by atoms with Crippen molar-refractivity contribution in [2.45, 2.75) is 13.0 Å². The van der Waals surface area contributed by atoms with Gasteiger partial charge in [0.15, 0.2) is 0 Å². The van der Waals surface area contributed by atoms with Crippen molar-refractivity contribution in [1.82, 2.24) is 20.3 Å². The Morgan fingerprint density at radius 2 is 2.11 bits per heavy atom. The first-order chi connectivity index (χ1) is 8.93. The van der Waals surface area contributed by atoms with E-state index in [2.05, 4.69) is 44.7 Å². The van der Waals surface area contributed by atoms with E-state index >= 15 is 0 Å². The first-order valence-electron chi connectivity index (χ1n) is 6.17. The standard InChI is InChI=1S/C14H16N4/c1-2-4-13-12(3-1)11(10-18-13)9-15-6-5-14-16-7-8-17-14/h1-4,7-8,10,15,18H,5-6,9H2,(H,16,17). The fraction of sp³-hybridized carbons (Fsp3) is 0.214. The molecule has 0 bridgehead atoms. The molecule has 3 aromatic rings. The van der Waals surface area contributed by atoms with Crippen LogP contribution < -0.4 is 5.32 Å². The van der Waals surface area contributed by atoms with Gasteiger partial charge in [0, 0.05) is 49.0 Å². The fourth-order valence-corrected chi connectivity index (χ4v) is 2.14. The molecule has 2 heterocycles. The van der Waals surface area contributed by atoms with E-state index in [1.807, 2.05) is 12.3 Å². The summed E-state index contributed by atoms with van der Waals surface area (Å²) in [4.78, 5) is 10.6. The Balaban J connectivity index is 1.57. The van der Waals surface area contributed by atoms with Crippen LogP contribution >= 0.6 is 0 Å². The molecule has 0 aliphatic carbocycles. The van der Waals surface area contributed by atoms with Gasteiger partial charge in [-0.2, -0.15) is 0 Å². The van der Waals surface area contributed by atoms with Crippen molar-refractivity contribution >= 4 is 10.9 Å². The molecule has 18 heavy (non-hydrogen) atoms. The van der Waals surface area contributed by atoms with Gasteiger partial charge in [0.25, 0.3) is 0 Å². The number of para-hydroxylation sites is 1. The van der Waals surface area contributed by atoms with Crippen molar-refractivity contribution in [3.63, 3.8) is 0 Å². The van der Waals surface area contributed by atoms with Crippen molar-refractivity contribution in [1.29, 1.82) is 0 Å². The topological polar surface area (TPSA) is 56.5 Å². The lowest BCUT2D eigenvalue weighted by Gasteiger charge is -2.02. The highest BCUT2D eigenvalue weighted by molar-refractivity contribution is 5.82. The van der Waals surface area contributed by atoms with Crippen LogP contribution in [0.5, 0.6) is 0 Å². The lowest BCUT2D eigenvalue weighted by molar-refractivity contribution is 0.676. The van der Waals surface area contributed by atoms with Gasteiger partial charge in [-0.15, -0.1) is 0 Å². The lowest BCUT2D eigenvalue weighted by atomic mass is 10.2. The molecule has 0 saturated carbocycles. The van der Waals surface area contributed by atoms with Crippen molar-refractivity contribution in [3.05, 3.63) is 54.2 Å². The molecule has 4 nitrogen and oxygen atoms in total. The summed E-state index contributed by atoms with van der Waals surface area (Å²) in [5.41, 5.74) is 2.50. The molecule has 0 aliphatic heterocycles. The minimum absolute atomic E-state index is 0.880. The highest BCUT2D eigenvalue weighted by atomic mass is 14.9. The molecule has 0 aliphatic rings. The van der Waals surface area contributed by atoms with Crippen LogP contribution in [0.2, 0.25) is 0 Å². The number of hydrogen-bond acceptors (Lipinski definition) is 2. The maximum atomic E-state index is 4.20. The van der Waals surface area contributed by atoms with E-state index in [0.29, 0.717) is 0 Å². The molecule has 0 amide bonds. The van der Waals surface area contributed by atoms with E-state index in [9.17, 15) is 0 Å². The molecule has 0 unspecified atom stereocenters. The van der Waals surface area contributed by atoms with Gasteiger partial charge in [-0.3, -0.25) is 0 Å². The van der Waals surface area contributed by atoms with E-state index < -0.39 is 0 Å². The first kappa shape index (κ1) is 11.0. The first-order valence-corrected chi connectivity index (χ1v) is 6.17. The van der Waals surface area contributed by atoms with Gasteiger partial charge >= 0.3 is 0 Å². The lowest BCUT2D eigenvalue weighted by Crippen LogP contribution is -2.16. The Morgan fingerprint density at radius 1 is 1.17 bits per heavy atom. The quantitative estimate of drug-likeness (QED) is 0.599. The van der Waals surface area contributed by atoms with Gasteiger partial charge in [0.05, 0.1) is 0 Å². The third kappa shape index (κ3) is 2.28. The number of H-pyrrole nitrogens is 2. The van der Waals surface area contributed by atoms with E-state index in [1.54, 1.807) is 6.20 Å². The summed E-state index contributed by atoms with van der Waals surface area (Å²) in [6, 6.07) is 8.37. The molecule has 0 spiro atoms. The highest BCUT2D eigenvalue weighted by Crippen LogP contribution is 2.17. The van der Waals surface area contributed by atoms with Crippen LogP contribution in [0.15, 0.2) is 42.9 Å². The number of hydrogen-bond donors (Lipinski definition) is 3. The summed E-state index contributed by atoms with van der Waals surface area (Å²) in [6.07, 6.45) is 6.64. The number of benzene rings is 1. The van der Waals surface area contributed by atoms with Crippen molar-refractivity contribution in [3.8, 4) is 0 Å². The Bertz CT molecular complexity index is 610. The van der Waals surface area contributed by atoms with Crippen LogP contribution in [0.1, 0.15) is 11.4 Å². The Morgan fingerprint density at radius 3 is 3.00 bits per heavy atom. The van der Waals surface area contributed by atoms with Gasteiger partial charge < -0.3 is 15.3 Å². The molecular formula is C14H16N4. The van der Waals surface area contributed by atoms with Crippen LogP contribution in [0.4, 0.5) is 0 Å². The van der Waals surface area contributed by atoms with Gasteiger partial charge in [-0.1, -0.05) is 18.2 Å². The number of fused-ring (bicyclic) bond motifs is 1. The van der Waals surface area contributed by atoms with Gasteiger partial charge in [-0.25, -0.2) is 4.98 Å². The molecule has 92 valence electrons. The predicted molar refractivity (Wildman–Crippen MR) is 72.3 cm³/mol. The number of nitrogens with one attached hydrogen (secondary N) is 3. The number of aromatic nitrogens is 3. The zero-order chi connectivity index (χ0) is 12.2. The molecule has 0 radical (unpaired) electrons. The molecule has 3 N–H and O–H groups in total. The summed E-state index contributed by atoms with van der Waals surface area (Å²) in [7, 11) is 0. The Hall–Kier alpha value is -2.07. The second-order valence-electron chi connectivity index (χ2n) is 4.32. The maximum Gasteiger partial charge on any atom is 0.107 e. The molecule has 4 heteroatoms. The van der Waals surface area contributed by atoms with Crippen LogP contribution in [-0.4, -0.2) is 21.5 Å². The molecule has 0 saturated heterocycles. The van der Waals surface area contributed by atoms with Crippen LogP contribution in [0, 0.1) is 0 Å². The van der Waals surface area contributed by atoms with Crippen LogP contribution in [0.25, 0.3) is 10.9 Å². The van der Waals surface area contributed by atoms with Crippen molar-refractivity contribution in [2.75, 3.05) is 6.54 Å². The smallest absolute Gasteiger partial charge is 0.107 e. The fourth-order valence-electron chi connectivity index (χ4n) is 2.14. The van der Waals surface area contributed by atoms with Crippen LogP contribution in [0.3, 0.4) is 0 Å². The molecule has 0 atom stereocenters. The largest absolute Gasteiger partial charge is 0.361 e. The van der Waals surface area contributed by atoms with Gasteiger partial charge in [-0.05, 0) is 11.6 Å². The van der Waals surface area contributed by atoms with Crippen LogP contribution in [-0.2, 0) is 13.0 Å². The summed E-state index contributed by atoms with van der Waals surface area (Å²) in [6.45, 7) is 1.80. The van der Waals surface area contributed by atoms with Gasteiger partial charge in [0.1, 0.15) is 5.82 Å². The molecule has 1 aromatic carbocycles. The second-order valence-corrected chi connectivity index (χ2v) is 4.32. The molecule has 3 rings (SSSR count). The van der Waals surface area contributed by atoms with E-state index in [1.165, 1.54) is 16.5 Å². The minimum atomic E-state index is 0.880. The predicted octanol–water partition coefficient (Wildman–Crippen LogP) is 2.22. The minimum Gasteiger partial charge on any atom is -0.361 e. The third-order valence-electron chi connectivity index (χ3n) is 3.08. The summed E-state index contributed by atoms with van der Waals surface area (Å²) < 4.78 is 0. The zero-order valence-electron chi connectivity index (χ0n) is 10.1. The molecule has 0 fully saturated rings. The maximum absolute atomic E-state index is 4.20. The van der Waals surface area contributed by atoms with Crippen molar-refractivity contribution in [2.24, 2.45) is 0 Å². The summed E-state index contributed by atoms with van der Waals surface area (Å²) in [5, 5.41) is 4.73. The van der Waals surface area contributed by atoms with E-state index in [-0.39, 0.29) is 0 Å². The summed E-state index contributed by atoms with van der Waals surface area (Å²) in [5.74, 6) is 1.03. The van der Waals surface area contributed by atoms with E-state index in [4.69, 9.17) is 0 Å². The normalized spacial score (nSPS) is 11.1. The van der Waals surface area contributed by atoms with E-state index in [0.717, 1.165) is 25.3 Å². The number of aromatic amines is 2. The average Bonchev–Trinajstić information content (AvgIpc) is 3.04. The van der Waals surface area contributed by atoms with Gasteiger partial charge in [0.2, 0.25) is 0 Å². The number of imidazole rings is 1. The monoisotopic (exact) mass is 240 g/mol. The summed E-state index contributed by atoms with van der Waals surface area (Å²) >= 11 is 0. The SMILES string of the molecule is c1ccc2c(CNCCc3ncc[nH]3)c[nH]c2c1. The zero-order valence-corrected chi connectivity index (χ0v) is 10.1. The number of rotatable bonds is 5. The highest BCUT2D eigenvalue weighted by Gasteiger charge is 2.02.